The zero-order chi connectivity index (χ0) is 22.2. The van der Waals surface area contributed by atoms with Gasteiger partial charge < -0.3 is 20.4 Å². The number of rotatable bonds is 7. The molecule has 2 N–H and O–H groups in total. The molecule has 0 saturated carbocycles. The third kappa shape index (κ3) is 5.93. The first-order chi connectivity index (χ1) is 15.7. The molecule has 1 aromatic heterocycles. The Kier molecular flexibility index (Phi) is 7.86. The van der Waals surface area contributed by atoms with Crippen molar-refractivity contribution in [3.63, 3.8) is 0 Å². The SMILES string of the molecule is CCNC(=NCc1ccnc(N2CCCCC2)c1)NC(C)c1cccc(N2CCCC2)c1. The summed E-state index contributed by atoms with van der Waals surface area (Å²) in [6, 6.07) is 13.4. The van der Waals surface area contributed by atoms with Gasteiger partial charge in [0.15, 0.2) is 5.96 Å². The number of aromatic nitrogens is 1. The number of pyridine rings is 1. The van der Waals surface area contributed by atoms with E-state index in [-0.39, 0.29) is 6.04 Å². The number of piperidine rings is 1. The summed E-state index contributed by atoms with van der Waals surface area (Å²) < 4.78 is 0. The summed E-state index contributed by atoms with van der Waals surface area (Å²) >= 11 is 0. The number of guanidine groups is 1. The van der Waals surface area contributed by atoms with E-state index >= 15 is 0 Å². The molecule has 0 spiro atoms. The van der Waals surface area contributed by atoms with Crippen molar-refractivity contribution in [3.8, 4) is 0 Å². The van der Waals surface area contributed by atoms with Gasteiger partial charge in [-0.15, -0.1) is 0 Å². The molecule has 6 heteroatoms. The molecule has 172 valence electrons. The van der Waals surface area contributed by atoms with Gasteiger partial charge in [0.25, 0.3) is 0 Å². The Bertz CT molecular complexity index is 883. The van der Waals surface area contributed by atoms with Crippen molar-refractivity contribution < 1.29 is 0 Å². The fourth-order valence-electron chi connectivity index (χ4n) is 4.60. The lowest BCUT2D eigenvalue weighted by Gasteiger charge is -2.27. The van der Waals surface area contributed by atoms with Gasteiger partial charge in [0, 0.05) is 44.6 Å². The van der Waals surface area contributed by atoms with Crippen LogP contribution >= 0.6 is 0 Å². The summed E-state index contributed by atoms with van der Waals surface area (Å²) in [6.45, 7) is 10.3. The third-order valence-corrected chi connectivity index (χ3v) is 6.45. The van der Waals surface area contributed by atoms with E-state index in [9.17, 15) is 0 Å². The maximum atomic E-state index is 4.87. The second kappa shape index (κ2) is 11.2. The average Bonchev–Trinajstić information content (AvgIpc) is 3.39. The van der Waals surface area contributed by atoms with Crippen molar-refractivity contribution in [2.45, 2.75) is 58.5 Å². The number of nitrogens with one attached hydrogen (secondary N) is 2. The standard InChI is InChI=1S/C26H38N6/c1-3-27-26(29-20-22-12-13-28-25(18-22)32-16-5-4-6-17-32)30-21(2)23-10-9-11-24(19-23)31-14-7-8-15-31/h9-13,18-19,21H,3-8,14-17,20H2,1-2H3,(H2,27,29,30). The molecule has 2 fully saturated rings. The summed E-state index contributed by atoms with van der Waals surface area (Å²) in [5.74, 6) is 1.94. The monoisotopic (exact) mass is 434 g/mol. The molecule has 4 rings (SSSR count). The lowest BCUT2D eigenvalue weighted by atomic mass is 10.1. The normalized spacial score (nSPS) is 18.0. The van der Waals surface area contributed by atoms with Gasteiger partial charge in [0.1, 0.15) is 5.82 Å². The number of aliphatic imine (C=N–C) groups is 1. The van der Waals surface area contributed by atoms with E-state index < -0.39 is 0 Å². The van der Waals surface area contributed by atoms with Gasteiger partial charge in [-0.1, -0.05) is 12.1 Å². The molecular weight excluding hydrogens is 396 g/mol. The molecule has 1 unspecified atom stereocenters. The van der Waals surface area contributed by atoms with Crippen molar-refractivity contribution >= 4 is 17.5 Å². The molecule has 2 aromatic rings. The lowest BCUT2D eigenvalue weighted by molar-refractivity contribution is 0.573. The average molecular weight is 435 g/mol. The van der Waals surface area contributed by atoms with E-state index in [2.05, 4.69) is 75.7 Å². The van der Waals surface area contributed by atoms with Gasteiger partial charge in [-0.05, 0) is 81.3 Å². The molecule has 32 heavy (non-hydrogen) atoms. The molecule has 0 bridgehead atoms. The Balaban J connectivity index is 1.41. The Hall–Kier alpha value is -2.76. The van der Waals surface area contributed by atoms with Crippen LogP contribution in [0.3, 0.4) is 0 Å². The molecule has 0 amide bonds. The number of nitrogens with zero attached hydrogens (tertiary/aromatic N) is 4. The predicted octanol–water partition coefficient (Wildman–Crippen LogP) is 4.49. The van der Waals surface area contributed by atoms with E-state index in [1.807, 2.05) is 6.20 Å². The Labute approximate surface area is 193 Å². The second-order valence-corrected chi connectivity index (χ2v) is 8.92. The van der Waals surface area contributed by atoms with Crippen LogP contribution in [0.1, 0.15) is 63.1 Å². The molecule has 1 aromatic carbocycles. The highest BCUT2D eigenvalue weighted by Gasteiger charge is 2.15. The molecule has 1 atom stereocenters. The van der Waals surface area contributed by atoms with Crippen molar-refractivity contribution in [3.05, 3.63) is 53.7 Å². The van der Waals surface area contributed by atoms with Crippen LogP contribution in [0, 0.1) is 0 Å². The van der Waals surface area contributed by atoms with Crippen LogP contribution in [0.2, 0.25) is 0 Å². The summed E-state index contributed by atoms with van der Waals surface area (Å²) in [5.41, 5.74) is 3.82. The van der Waals surface area contributed by atoms with Crippen LogP contribution in [-0.4, -0.2) is 43.7 Å². The third-order valence-electron chi connectivity index (χ3n) is 6.45. The summed E-state index contributed by atoms with van der Waals surface area (Å²) in [7, 11) is 0. The van der Waals surface area contributed by atoms with Crippen molar-refractivity contribution in [2.75, 3.05) is 42.5 Å². The maximum absolute atomic E-state index is 4.87. The van der Waals surface area contributed by atoms with Crippen LogP contribution in [0.4, 0.5) is 11.5 Å². The number of benzene rings is 1. The Morgan fingerprint density at radius 2 is 1.75 bits per heavy atom. The number of hydrogen-bond donors (Lipinski definition) is 2. The first-order valence-corrected chi connectivity index (χ1v) is 12.3. The highest BCUT2D eigenvalue weighted by atomic mass is 15.2. The number of anilines is 2. The van der Waals surface area contributed by atoms with E-state index in [0.717, 1.165) is 31.4 Å². The predicted molar refractivity (Wildman–Crippen MR) is 135 cm³/mol. The Morgan fingerprint density at radius 3 is 2.53 bits per heavy atom. The molecule has 6 nitrogen and oxygen atoms in total. The molecule has 0 aliphatic carbocycles. The second-order valence-electron chi connectivity index (χ2n) is 8.92. The van der Waals surface area contributed by atoms with Gasteiger partial charge in [0.2, 0.25) is 0 Å². The molecule has 3 heterocycles. The Morgan fingerprint density at radius 1 is 1.00 bits per heavy atom. The maximum Gasteiger partial charge on any atom is 0.192 e. The smallest absolute Gasteiger partial charge is 0.192 e. The minimum Gasteiger partial charge on any atom is -0.372 e. The molecule has 0 radical (unpaired) electrons. The van der Waals surface area contributed by atoms with Crippen LogP contribution < -0.4 is 20.4 Å². The highest BCUT2D eigenvalue weighted by Crippen LogP contribution is 2.24. The lowest BCUT2D eigenvalue weighted by Crippen LogP contribution is -2.38. The number of hydrogen-bond acceptors (Lipinski definition) is 4. The van der Waals surface area contributed by atoms with E-state index in [1.54, 1.807) is 0 Å². The molecule has 2 aliphatic rings. The van der Waals surface area contributed by atoms with Gasteiger partial charge in [-0.3, -0.25) is 0 Å². The van der Waals surface area contributed by atoms with Crippen molar-refractivity contribution in [1.29, 1.82) is 0 Å². The molecular formula is C26H38N6. The van der Waals surface area contributed by atoms with Crippen LogP contribution in [-0.2, 0) is 6.54 Å². The van der Waals surface area contributed by atoms with Crippen molar-refractivity contribution in [2.24, 2.45) is 4.99 Å². The minimum atomic E-state index is 0.178. The zero-order valence-corrected chi connectivity index (χ0v) is 19.7. The highest BCUT2D eigenvalue weighted by molar-refractivity contribution is 5.80. The fraction of sp³-hybridized carbons (Fsp3) is 0.538. The minimum absolute atomic E-state index is 0.178. The zero-order valence-electron chi connectivity index (χ0n) is 19.7. The van der Waals surface area contributed by atoms with E-state index in [0.29, 0.717) is 6.54 Å². The van der Waals surface area contributed by atoms with Crippen molar-refractivity contribution in [1.82, 2.24) is 15.6 Å². The first-order valence-electron chi connectivity index (χ1n) is 12.3. The van der Waals surface area contributed by atoms with Gasteiger partial charge in [-0.25, -0.2) is 9.98 Å². The summed E-state index contributed by atoms with van der Waals surface area (Å²) in [4.78, 5) is 14.4. The quantitative estimate of drug-likeness (QED) is 0.497. The summed E-state index contributed by atoms with van der Waals surface area (Å²) in [6.07, 6.45) is 8.36. The molecule has 2 saturated heterocycles. The summed E-state index contributed by atoms with van der Waals surface area (Å²) in [5, 5.41) is 7.00. The largest absolute Gasteiger partial charge is 0.372 e. The first kappa shape index (κ1) is 22.4. The van der Waals surface area contributed by atoms with Crippen LogP contribution in [0.5, 0.6) is 0 Å². The fourth-order valence-corrected chi connectivity index (χ4v) is 4.60. The van der Waals surface area contributed by atoms with Gasteiger partial charge >= 0.3 is 0 Å². The van der Waals surface area contributed by atoms with Crippen LogP contribution in [0.25, 0.3) is 0 Å². The van der Waals surface area contributed by atoms with Crippen LogP contribution in [0.15, 0.2) is 47.6 Å². The van der Waals surface area contributed by atoms with E-state index in [1.165, 1.54) is 62.0 Å². The molecule has 2 aliphatic heterocycles. The van der Waals surface area contributed by atoms with E-state index in [4.69, 9.17) is 4.99 Å². The van der Waals surface area contributed by atoms with Gasteiger partial charge in [-0.2, -0.15) is 0 Å². The topological polar surface area (TPSA) is 55.8 Å². The van der Waals surface area contributed by atoms with Gasteiger partial charge in [0.05, 0.1) is 12.6 Å².